The molecule has 1 amide bonds. The fraction of sp³-hybridized carbons (Fsp3) is 0.476. The average molecular weight is 418 g/mol. The molecule has 4 rings (SSSR count). The highest BCUT2D eigenvalue weighted by Gasteiger charge is 2.26. The lowest BCUT2D eigenvalue weighted by atomic mass is 10.1. The molecule has 154 valence electrons. The summed E-state index contributed by atoms with van der Waals surface area (Å²) in [5, 5.41) is 0.339. The van der Waals surface area contributed by atoms with Gasteiger partial charge in [0.05, 0.1) is 18.8 Å². The SMILES string of the molecule is Cc1cccc(OC2CCN(C(=O)c3cnc(OC4CCOC4)c(Cl)c3)CC2)n1. The Balaban J connectivity index is 1.32. The number of nitrogens with zero attached hydrogens (tertiary/aromatic N) is 3. The molecule has 2 aliphatic heterocycles. The van der Waals surface area contributed by atoms with E-state index in [0.717, 1.165) is 25.0 Å². The van der Waals surface area contributed by atoms with Crippen LogP contribution in [-0.4, -0.2) is 59.3 Å². The van der Waals surface area contributed by atoms with Crippen molar-refractivity contribution in [3.05, 3.63) is 46.7 Å². The average Bonchev–Trinajstić information content (AvgIpc) is 3.23. The zero-order valence-corrected chi connectivity index (χ0v) is 17.1. The highest BCUT2D eigenvalue weighted by molar-refractivity contribution is 6.32. The number of carbonyl (C=O) groups excluding carboxylic acids is 1. The summed E-state index contributed by atoms with van der Waals surface area (Å²) in [6, 6.07) is 7.35. The Kier molecular flexibility index (Phi) is 6.16. The standard InChI is InChI=1S/C21H24ClN3O4/c1-14-3-2-4-19(24-14)28-16-5-8-25(9-6-16)21(26)15-11-18(22)20(23-12-15)29-17-7-10-27-13-17/h2-4,11-12,16-17H,5-10,13H2,1H3. The number of aromatic nitrogens is 2. The van der Waals surface area contributed by atoms with Gasteiger partial charge in [0, 0.05) is 50.3 Å². The summed E-state index contributed by atoms with van der Waals surface area (Å²) < 4.78 is 17.0. The van der Waals surface area contributed by atoms with Gasteiger partial charge in [0.1, 0.15) is 17.2 Å². The third kappa shape index (κ3) is 4.97. The number of aryl methyl sites for hydroxylation is 1. The molecule has 1 atom stereocenters. The topological polar surface area (TPSA) is 73.8 Å². The Morgan fingerprint density at radius 3 is 2.72 bits per heavy atom. The van der Waals surface area contributed by atoms with Crippen LogP contribution in [0, 0.1) is 6.92 Å². The first-order valence-electron chi connectivity index (χ1n) is 9.88. The molecule has 0 bridgehead atoms. The summed E-state index contributed by atoms with van der Waals surface area (Å²) >= 11 is 6.29. The highest BCUT2D eigenvalue weighted by atomic mass is 35.5. The highest BCUT2D eigenvalue weighted by Crippen LogP contribution is 2.26. The van der Waals surface area contributed by atoms with Crippen molar-refractivity contribution in [2.45, 2.75) is 38.4 Å². The smallest absolute Gasteiger partial charge is 0.255 e. The van der Waals surface area contributed by atoms with Crippen LogP contribution in [0.3, 0.4) is 0 Å². The third-order valence-electron chi connectivity index (χ3n) is 5.10. The fourth-order valence-corrected chi connectivity index (χ4v) is 3.72. The summed E-state index contributed by atoms with van der Waals surface area (Å²) in [6.45, 7) is 4.38. The van der Waals surface area contributed by atoms with Gasteiger partial charge in [-0.2, -0.15) is 0 Å². The maximum atomic E-state index is 12.8. The van der Waals surface area contributed by atoms with Gasteiger partial charge in [0.2, 0.25) is 11.8 Å². The quantitative estimate of drug-likeness (QED) is 0.743. The lowest BCUT2D eigenvalue weighted by Crippen LogP contribution is -2.41. The molecule has 0 radical (unpaired) electrons. The Hall–Kier alpha value is -2.38. The van der Waals surface area contributed by atoms with E-state index in [1.807, 2.05) is 30.0 Å². The molecular weight excluding hydrogens is 394 g/mol. The summed E-state index contributed by atoms with van der Waals surface area (Å²) in [6.07, 6.45) is 3.87. The number of halogens is 1. The summed E-state index contributed by atoms with van der Waals surface area (Å²) in [5.74, 6) is 0.896. The van der Waals surface area contributed by atoms with Crippen molar-refractivity contribution in [3.63, 3.8) is 0 Å². The van der Waals surface area contributed by atoms with Crippen LogP contribution in [-0.2, 0) is 4.74 Å². The van der Waals surface area contributed by atoms with Crippen LogP contribution in [0.2, 0.25) is 5.02 Å². The van der Waals surface area contributed by atoms with E-state index in [4.69, 9.17) is 25.8 Å². The zero-order chi connectivity index (χ0) is 20.2. The number of hydrogen-bond acceptors (Lipinski definition) is 6. The lowest BCUT2D eigenvalue weighted by molar-refractivity contribution is 0.0587. The van der Waals surface area contributed by atoms with Gasteiger partial charge in [-0.05, 0) is 19.1 Å². The number of hydrogen-bond donors (Lipinski definition) is 0. The summed E-state index contributed by atoms with van der Waals surface area (Å²) in [5.41, 5.74) is 1.39. The largest absolute Gasteiger partial charge is 0.474 e. The van der Waals surface area contributed by atoms with Crippen molar-refractivity contribution in [2.24, 2.45) is 0 Å². The predicted molar refractivity (Wildman–Crippen MR) is 108 cm³/mol. The van der Waals surface area contributed by atoms with Gasteiger partial charge in [-0.25, -0.2) is 9.97 Å². The molecule has 8 heteroatoms. The molecule has 0 N–H and O–H groups in total. The van der Waals surface area contributed by atoms with Gasteiger partial charge in [-0.3, -0.25) is 4.79 Å². The van der Waals surface area contributed by atoms with Gasteiger partial charge in [-0.1, -0.05) is 17.7 Å². The molecule has 7 nitrogen and oxygen atoms in total. The number of rotatable bonds is 5. The molecule has 2 fully saturated rings. The van der Waals surface area contributed by atoms with Crippen LogP contribution in [0.1, 0.15) is 35.3 Å². The molecular formula is C21H24ClN3O4. The second kappa shape index (κ2) is 8.97. The maximum Gasteiger partial charge on any atom is 0.255 e. The van der Waals surface area contributed by atoms with Crippen molar-refractivity contribution in [1.29, 1.82) is 0 Å². The van der Waals surface area contributed by atoms with Crippen LogP contribution >= 0.6 is 11.6 Å². The number of carbonyl (C=O) groups is 1. The summed E-state index contributed by atoms with van der Waals surface area (Å²) in [4.78, 5) is 23.3. The van der Waals surface area contributed by atoms with E-state index in [-0.39, 0.29) is 18.1 Å². The Morgan fingerprint density at radius 2 is 2.03 bits per heavy atom. The molecule has 2 aromatic heterocycles. The minimum absolute atomic E-state index is 0.0385. The number of amides is 1. The predicted octanol–water partition coefficient (Wildman–Crippen LogP) is 3.29. The molecule has 0 spiro atoms. The number of ether oxygens (including phenoxy) is 3. The minimum atomic E-state index is -0.0812. The van der Waals surface area contributed by atoms with E-state index in [9.17, 15) is 4.79 Å². The normalized spacial score (nSPS) is 19.9. The van der Waals surface area contributed by atoms with Gasteiger partial charge in [0.15, 0.2) is 0 Å². The molecule has 2 aromatic rings. The molecule has 29 heavy (non-hydrogen) atoms. The van der Waals surface area contributed by atoms with Crippen molar-refractivity contribution in [3.8, 4) is 11.8 Å². The van der Waals surface area contributed by atoms with Crippen LogP contribution in [0.25, 0.3) is 0 Å². The second-order valence-electron chi connectivity index (χ2n) is 7.34. The monoisotopic (exact) mass is 417 g/mol. The molecule has 0 aliphatic carbocycles. The molecule has 2 aliphatic rings. The van der Waals surface area contributed by atoms with E-state index in [1.165, 1.54) is 6.20 Å². The number of piperidine rings is 1. The van der Waals surface area contributed by atoms with E-state index in [0.29, 0.717) is 48.6 Å². The Labute approximate surface area is 174 Å². The lowest BCUT2D eigenvalue weighted by Gasteiger charge is -2.32. The third-order valence-corrected chi connectivity index (χ3v) is 5.37. The van der Waals surface area contributed by atoms with E-state index < -0.39 is 0 Å². The van der Waals surface area contributed by atoms with E-state index in [2.05, 4.69) is 9.97 Å². The van der Waals surface area contributed by atoms with E-state index >= 15 is 0 Å². The van der Waals surface area contributed by atoms with Gasteiger partial charge < -0.3 is 19.1 Å². The van der Waals surface area contributed by atoms with Crippen LogP contribution in [0.15, 0.2) is 30.5 Å². The fourth-order valence-electron chi connectivity index (χ4n) is 3.51. The summed E-state index contributed by atoms with van der Waals surface area (Å²) in [7, 11) is 0. The van der Waals surface area contributed by atoms with Crippen molar-refractivity contribution < 1.29 is 19.0 Å². The molecule has 0 saturated carbocycles. The number of pyridine rings is 2. The first-order valence-corrected chi connectivity index (χ1v) is 10.3. The Bertz CT molecular complexity index is 865. The second-order valence-corrected chi connectivity index (χ2v) is 7.75. The van der Waals surface area contributed by atoms with Crippen LogP contribution in [0.5, 0.6) is 11.8 Å². The van der Waals surface area contributed by atoms with Crippen molar-refractivity contribution in [2.75, 3.05) is 26.3 Å². The van der Waals surface area contributed by atoms with Gasteiger partial charge in [0.25, 0.3) is 5.91 Å². The first kappa shape index (κ1) is 19.9. The van der Waals surface area contributed by atoms with Crippen molar-refractivity contribution in [1.82, 2.24) is 14.9 Å². The molecule has 2 saturated heterocycles. The molecule has 0 aromatic carbocycles. The number of likely N-dealkylation sites (tertiary alicyclic amines) is 1. The van der Waals surface area contributed by atoms with Gasteiger partial charge >= 0.3 is 0 Å². The van der Waals surface area contributed by atoms with Crippen LogP contribution < -0.4 is 9.47 Å². The van der Waals surface area contributed by atoms with Crippen LogP contribution in [0.4, 0.5) is 0 Å². The first-order chi connectivity index (χ1) is 14.1. The van der Waals surface area contributed by atoms with Gasteiger partial charge in [-0.15, -0.1) is 0 Å². The molecule has 1 unspecified atom stereocenters. The maximum absolute atomic E-state index is 12.8. The minimum Gasteiger partial charge on any atom is -0.474 e. The van der Waals surface area contributed by atoms with E-state index in [1.54, 1.807) is 6.07 Å². The zero-order valence-electron chi connectivity index (χ0n) is 16.3. The Morgan fingerprint density at radius 1 is 1.21 bits per heavy atom. The molecule has 4 heterocycles. The van der Waals surface area contributed by atoms with Crippen molar-refractivity contribution >= 4 is 17.5 Å².